The highest BCUT2D eigenvalue weighted by Gasteiger charge is 2.19. The van der Waals surface area contributed by atoms with Gasteiger partial charge < -0.3 is 10.3 Å². The Morgan fingerprint density at radius 3 is 3.06 bits per heavy atom. The number of aromatic amines is 1. The van der Waals surface area contributed by atoms with Crippen LogP contribution in [0.5, 0.6) is 0 Å². The van der Waals surface area contributed by atoms with Crippen molar-refractivity contribution in [3.63, 3.8) is 0 Å². The first kappa shape index (κ1) is 9.46. The second kappa shape index (κ2) is 3.37. The van der Waals surface area contributed by atoms with E-state index in [0.717, 1.165) is 30.6 Å². The summed E-state index contributed by atoms with van der Waals surface area (Å²) in [5.74, 6) is 0.0290. The quantitative estimate of drug-likeness (QED) is 0.693. The smallest absolute Gasteiger partial charge is 0.268 e. The second-order valence-corrected chi connectivity index (χ2v) is 4.39. The maximum absolute atomic E-state index is 11.8. The first-order valence-electron chi connectivity index (χ1n) is 5.65. The number of carbonyl (C=O) groups is 1. The third-order valence-corrected chi connectivity index (χ3v) is 3.18. The van der Waals surface area contributed by atoms with Crippen LogP contribution in [0.2, 0.25) is 0 Å². The number of aryl methyl sites for hydroxylation is 2. The van der Waals surface area contributed by atoms with Crippen LogP contribution in [0.1, 0.15) is 28.0 Å². The van der Waals surface area contributed by atoms with Crippen molar-refractivity contribution < 1.29 is 4.79 Å². The summed E-state index contributed by atoms with van der Waals surface area (Å²) in [6.07, 6.45) is 1.98. The molecule has 2 N–H and O–H groups in total. The minimum absolute atomic E-state index is 0.0290. The number of H-pyrrole nitrogens is 1. The van der Waals surface area contributed by atoms with Gasteiger partial charge in [0, 0.05) is 17.4 Å². The Hall–Kier alpha value is -1.77. The number of nitrogens with one attached hydrogen (secondary N) is 2. The van der Waals surface area contributed by atoms with Crippen molar-refractivity contribution in [2.24, 2.45) is 0 Å². The predicted octanol–water partition coefficient (Wildman–Crippen LogP) is 2.15. The lowest BCUT2D eigenvalue weighted by atomic mass is 10.0. The summed E-state index contributed by atoms with van der Waals surface area (Å²) in [4.78, 5) is 15.0. The lowest BCUT2D eigenvalue weighted by Crippen LogP contribution is -2.22. The number of rotatable bonds is 0. The lowest BCUT2D eigenvalue weighted by molar-refractivity contribution is 0.0952. The highest BCUT2D eigenvalue weighted by atomic mass is 16.1. The van der Waals surface area contributed by atoms with Crippen LogP contribution in [0.4, 0.5) is 0 Å². The largest absolute Gasteiger partial charge is 0.351 e. The molecule has 0 atom stereocenters. The average Bonchev–Trinajstić information content (AvgIpc) is 2.52. The first-order valence-corrected chi connectivity index (χ1v) is 5.65. The van der Waals surface area contributed by atoms with Gasteiger partial charge in [-0.15, -0.1) is 0 Å². The summed E-state index contributed by atoms with van der Waals surface area (Å²) in [6.45, 7) is 2.85. The van der Waals surface area contributed by atoms with E-state index in [1.165, 1.54) is 16.5 Å². The van der Waals surface area contributed by atoms with E-state index in [1.807, 2.05) is 6.07 Å². The SMILES string of the molecule is Cc1ccc2[nH]c3c(c2c1)CCCNC3=O. The van der Waals surface area contributed by atoms with Crippen LogP contribution < -0.4 is 5.32 Å². The van der Waals surface area contributed by atoms with Gasteiger partial charge in [0.15, 0.2) is 0 Å². The molecule has 3 nitrogen and oxygen atoms in total. The molecule has 82 valence electrons. The van der Waals surface area contributed by atoms with E-state index < -0.39 is 0 Å². The zero-order valence-corrected chi connectivity index (χ0v) is 9.26. The molecular formula is C13H14N2O. The molecule has 3 heteroatoms. The fourth-order valence-corrected chi connectivity index (χ4v) is 2.37. The zero-order chi connectivity index (χ0) is 11.1. The molecule has 0 bridgehead atoms. The number of benzene rings is 1. The molecule has 0 radical (unpaired) electrons. The maximum Gasteiger partial charge on any atom is 0.268 e. The monoisotopic (exact) mass is 214 g/mol. The second-order valence-electron chi connectivity index (χ2n) is 4.39. The number of hydrogen-bond donors (Lipinski definition) is 2. The van der Waals surface area contributed by atoms with Crippen LogP contribution in [-0.2, 0) is 6.42 Å². The average molecular weight is 214 g/mol. The molecule has 0 saturated heterocycles. The van der Waals surface area contributed by atoms with Gasteiger partial charge in [-0.05, 0) is 37.5 Å². The highest BCUT2D eigenvalue weighted by Crippen LogP contribution is 2.26. The van der Waals surface area contributed by atoms with Crippen LogP contribution in [0, 0.1) is 6.92 Å². The lowest BCUT2D eigenvalue weighted by Gasteiger charge is -1.97. The van der Waals surface area contributed by atoms with Crippen molar-refractivity contribution in [1.29, 1.82) is 0 Å². The van der Waals surface area contributed by atoms with Gasteiger partial charge in [-0.2, -0.15) is 0 Å². The standard InChI is InChI=1S/C13H14N2O/c1-8-4-5-11-10(7-8)9-3-2-6-14-13(16)12(9)15-11/h4-5,7,15H,2-3,6H2,1H3,(H,14,16). The topological polar surface area (TPSA) is 44.9 Å². The van der Waals surface area contributed by atoms with E-state index in [2.05, 4.69) is 29.4 Å². The van der Waals surface area contributed by atoms with Crippen molar-refractivity contribution in [3.05, 3.63) is 35.0 Å². The van der Waals surface area contributed by atoms with Crippen molar-refractivity contribution in [3.8, 4) is 0 Å². The van der Waals surface area contributed by atoms with Gasteiger partial charge in [-0.25, -0.2) is 0 Å². The summed E-state index contributed by atoms with van der Waals surface area (Å²) in [6, 6.07) is 6.27. The Kier molecular flexibility index (Phi) is 1.99. The van der Waals surface area contributed by atoms with E-state index in [-0.39, 0.29) is 5.91 Å². The van der Waals surface area contributed by atoms with Crippen LogP contribution >= 0.6 is 0 Å². The Morgan fingerprint density at radius 2 is 2.19 bits per heavy atom. The van der Waals surface area contributed by atoms with E-state index in [9.17, 15) is 4.79 Å². The molecule has 2 heterocycles. The molecule has 0 fully saturated rings. The molecule has 1 aromatic heterocycles. The Balaban J connectivity index is 2.30. The van der Waals surface area contributed by atoms with E-state index in [4.69, 9.17) is 0 Å². The first-order chi connectivity index (χ1) is 7.75. The predicted molar refractivity (Wildman–Crippen MR) is 63.7 cm³/mol. The molecule has 0 spiro atoms. The number of aromatic nitrogens is 1. The Bertz CT molecular complexity index is 569. The molecule has 2 aromatic rings. The normalized spacial score (nSPS) is 15.7. The van der Waals surface area contributed by atoms with Crippen molar-refractivity contribution in [2.45, 2.75) is 19.8 Å². The number of carbonyl (C=O) groups excluding carboxylic acids is 1. The molecule has 1 amide bonds. The molecule has 16 heavy (non-hydrogen) atoms. The van der Waals surface area contributed by atoms with E-state index in [1.54, 1.807) is 0 Å². The molecule has 3 rings (SSSR count). The summed E-state index contributed by atoms with van der Waals surface area (Å²) in [7, 11) is 0. The van der Waals surface area contributed by atoms with Crippen LogP contribution in [-0.4, -0.2) is 17.4 Å². The molecule has 0 aliphatic carbocycles. The minimum atomic E-state index is 0.0290. The Morgan fingerprint density at radius 1 is 1.31 bits per heavy atom. The Labute approximate surface area is 93.9 Å². The third kappa shape index (κ3) is 1.32. The molecular weight excluding hydrogens is 200 g/mol. The molecule has 1 aliphatic heterocycles. The number of fused-ring (bicyclic) bond motifs is 3. The van der Waals surface area contributed by atoms with Crippen molar-refractivity contribution >= 4 is 16.8 Å². The van der Waals surface area contributed by atoms with Crippen LogP contribution in [0.25, 0.3) is 10.9 Å². The molecule has 0 saturated carbocycles. The third-order valence-electron chi connectivity index (χ3n) is 3.18. The van der Waals surface area contributed by atoms with Gasteiger partial charge in [-0.3, -0.25) is 4.79 Å². The van der Waals surface area contributed by atoms with Gasteiger partial charge in [0.05, 0.1) is 0 Å². The maximum atomic E-state index is 11.8. The van der Waals surface area contributed by atoms with Gasteiger partial charge in [0.1, 0.15) is 5.69 Å². The van der Waals surface area contributed by atoms with E-state index >= 15 is 0 Å². The molecule has 1 aliphatic rings. The summed E-state index contributed by atoms with van der Waals surface area (Å²) in [5.41, 5.74) is 4.22. The van der Waals surface area contributed by atoms with Crippen molar-refractivity contribution in [2.75, 3.05) is 6.54 Å². The van der Waals surface area contributed by atoms with Crippen LogP contribution in [0.15, 0.2) is 18.2 Å². The summed E-state index contributed by atoms with van der Waals surface area (Å²) >= 11 is 0. The van der Waals surface area contributed by atoms with Crippen LogP contribution in [0.3, 0.4) is 0 Å². The van der Waals surface area contributed by atoms with E-state index in [0.29, 0.717) is 0 Å². The highest BCUT2D eigenvalue weighted by molar-refractivity contribution is 6.01. The number of hydrogen-bond acceptors (Lipinski definition) is 1. The molecule has 0 unspecified atom stereocenters. The fourth-order valence-electron chi connectivity index (χ4n) is 2.37. The van der Waals surface area contributed by atoms with Gasteiger partial charge >= 0.3 is 0 Å². The summed E-state index contributed by atoms with van der Waals surface area (Å²) < 4.78 is 0. The van der Waals surface area contributed by atoms with Crippen molar-refractivity contribution in [1.82, 2.24) is 10.3 Å². The zero-order valence-electron chi connectivity index (χ0n) is 9.26. The van der Waals surface area contributed by atoms with Gasteiger partial charge in [0.2, 0.25) is 0 Å². The number of amides is 1. The molecule has 1 aromatic carbocycles. The van der Waals surface area contributed by atoms with Gasteiger partial charge in [0.25, 0.3) is 5.91 Å². The minimum Gasteiger partial charge on any atom is -0.351 e. The van der Waals surface area contributed by atoms with Gasteiger partial charge in [-0.1, -0.05) is 11.6 Å². The fraction of sp³-hybridized carbons (Fsp3) is 0.308. The summed E-state index contributed by atoms with van der Waals surface area (Å²) in [5, 5.41) is 4.11.